The number of ether oxygens (including phenoxy) is 1. The monoisotopic (exact) mass is 241 g/mol. The van der Waals surface area contributed by atoms with Gasteiger partial charge in [-0.1, -0.05) is 0 Å². The van der Waals surface area contributed by atoms with E-state index >= 15 is 0 Å². The summed E-state index contributed by atoms with van der Waals surface area (Å²) in [6, 6.07) is 0. The van der Waals surface area contributed by atoms with Gasteiger partial charge >= 0.3 is 0 Å². The van der Waals surface area contributed by atoms with Crippen LogP contribution in [0.2, 0.25) is 0 Å². The molecule has 1 heterocycles. The molecule has 0 spiro atoms. The van der Waals surface area contributed by atoms with E-state index in [1.54, 1.807) is 7.11 Å². The zero-order valence-corrected chi connectivity index (χ0v) is 9.77. The highest BCUT2D eigenvalue weighted by atomic mass is 16.5. The number of rotatable bonds is 6. The van der Waals surface area contributed by atoms with E-state index in [1.807, 2.05) is 0 Å². The molecule has 0 aromatic carbocycles. The first kappa shape index (κ1) is 13.1. The summed E-state index contributed by atoms with van der Waals surface area (Å²) >= 11 is 0. The molecule has 1 aromatic rings. The Morgan fingerprint density at radius 3 is 2.94 bits per heavy atom. The Bertz CT molecular complexity index is 365. The number of aromatic nitrogens is 3. The molecule has 0 aliphatic heterocycles. The highest BCUT2D eigenvalue weighted by Crippen LogP contribution is 1.93. The van der Waals surface area contributed by atoms with Crippen molar-refractivity contribution < 1.29 is 14.3 Å². The lowest BCUT2D eigenvalue weighted by Crippen LogP contribution is -2.39. The zero-order chi connectivity index (χ0) is 12.7. The topological polar surface area (TPSA) is 100 Å². The van der Waals surface area contributed by atoms with Crippen molar-refractivity contribution in [2.45, 2.75) is 0 Å². The van der Waals surface area contributed by atoms with Crippen LogP contribution in [-0.4, -0.2) is 65.7 Å². The number of carbonyl (C=O) groups is 2. The van der Waals surface area contributed by atoms with Crippen LogP contribution in [0.25, 0.3) is 0 Å². The van der Waals surface area contributed by atoms with Gasteiger partial charge in [0.05, 0.1) is 13.2 Å². The van der Waals surface area contributed by atoms with Crippen molar-refractivity contribution in [3.05, 3.63) is 12.2 Å². The second-order valence-electron chi connectivity index (χ2n) is 3.34. The van der Waals surface area contributed by atoms with Crippen LogP contribution in [0.4, 0.5) is 0 Å². The molecule has 0 fully saturated rings. The van der Waals surface area contributed by atoms with Gasteiger partial charge < -0.3 is 15.0 Å². The Balaban J connectivity index is 2.36. The second-order valence-corrected chi connectivity index (χ2v) is 3.34. The van der Waals surface area contributed by atoms with Gasteiger partial charge in [0.1, 0.15) is 6.33 Å². The van der Waals surface area contributed by atoms with Gasteiger partial charge in [-0.05, 0) is 0 Å². The summed E-state index contributed by atoms with van der Waals surface area (Å²) < 4.78 is 4.79. The molecule has 0 saturated carbocycles. The molecule has 94 valence electrons. The Labute approximate surface area is 98.3 Å². The van der Waals surface area contributed by atoms with Crippen LogP contribution < -0.4 is 5.32 Å². The number of methoxy groups -OCH3 is 1. The number of hydrogen-bond acceptors (Lipinski definition) is 5. The maximum absolute atomic E-state index is 11.7. The molecule has 8 nitrogen and oxygen atoms in total. The first-order valence-electron chi connectivity index (χ1n) is 5.01. The van der Waals surface area contributed by atoms with E-state index < -0.39 is 0 Å². The van der Waals surface area contributed by atoms with E-state index in [4.69, 9.17) is 4.74 Å². The summed E-state index contributed by atoms with van der Waals surface area (Å²) in [7, 11) is 3.06. The number of hydrogen-bond donors (Lipinski definition) is 2. The standard InChI is InChI=1S/C9H15N5O3/c1-14(5-7(15)10-3-4-17-2)9(16)8-11-6-12-13-8/h6H,3-5H2,1-2H3,(H,10,15)(H,11,12,13). The molecule has 0 bridgehead atoms. The van der Waals surface area contributed by atoms with E-state index in [0.29, 0.717) is 13.2 Å². The van der Waals surface area contributed by atoms with Crippen molar-refractivity contribution in [2.24, 2.45) is 0 Å². The van der Waals surface area contributed by atoms with Gasteiger partial charge in [-0.3, -0.25) is 14.7 Å². The number of nitrogens with zero attached hydrogens (tertiary/aromatic N) is 3. The van der Waals surface area contributed by atoms with Crippen molar-refractivity contribution >= 4 is 11.8 Å². The average Bonchev–Trinajstić information content (AvgIpc) is 2.81. The number of aromatic amines is 1. The number of carbonyl (C=O) groups excluding carboxylic acids is 2. The van der Waals surface area contributed by atoms with Gasteiger partial charge in [0.25, 0.3) is 5.91 Å². The Hall–Kier alpha value is -1.96. The fraction of sp³-hybridized carbons (Fsp3) is 0.556. The molecule has 1 rings (SSSR count). The molecule has 0 unspecified atom stereocenters. The van der Waals surface area contributed by atoms with Gasteiger partial charge in [-0.2, -0.15) is 5.10 Å². The summed E-state index contributed by atoms with van der Waals surface area (Å²) in [5.41, 5.74) is 0. The predicted molar refractivity (Wildman–Crippen MR) is 58.2 cm³/mol. The number of nitrogens with one attached hydrogen (secondary N) is 2. The van der Waals surface area contributed by atoms with Crippen molar-refractivity contribution in [3.8, 4) is 0 Å². The molecule has 0 saturated heterocycles. The van der Waals surface area contributed by atoms with Crippen LogP contribution in [-0.2, 0) is 9.53 Å². The fourth-order valence-electron chi connectivity index (χ4n) is 1.12. The lowest BCUT2D eigenvalue weighted by molar-refractivity contribution is -0.121. The molecule has 0 aliphatic rings. The summed E-state index contributed by atoms with van der Waals surface area (Å²) in [4.78, 5) is 28.0. The first-order chi connectivity index (χ1) is 8.15. The smallest absolute Gasteiger partial charge is 0.291 e. The van der Waals surface area contributed by atoms with Crippen LogP contribution in [0.3, 0.4) is 0 Å². The molecule has 2 N–H and O–H groups in total. The summed E-state index contributed by atoms with van der Waals surface area (Å²) in [5.74, 6) is -0.529. The number of likely N-dealkylation sites (N-methyl/N-ethyl adjacent to an activating group) is 1. The lowest BCUT2D eigenvalue weighted by atomic mass is 10.4. The minimum atomic E-state index is -0.385. The van der Waals surface area contributed by atoms with Crippen LogP contribution in [0.15, 0.2) is 6.33 Å². The fourth-order valence-corrected chi connectivity index (χ4v) is 1.12. The minimum absolute atomic E-state index is 0.0384. The molecule has 17 heavy (non-hydrogen) atoms. The molecule has 8 heteroatoms. The van der Waals surface area contributed by atoms with Gasteiger partial charge in [0.15, 0.2) is 0 Å². The average molecular weight is 241 g/mol. The Kier molecular flexibility index (Phi) is 5.08. The molecular formula is C9H15N5O3. The van der Waals surface area contributed by atoms with Crippen LogP contribution >= 0.6 is 0 Å². The molecular weight excluding hydrogens is 226 g/mol. The Morgan fingerprint density at radius 2 is 2.35 bits per heavy atom. The highest BCUT2D eigenvalue weighted by molar-refractivity contribution is 5.93. The van der Waals surface area contributed by atoms with Crippen molar-refractivity contribution in [1.29, 1.82) is 0 Å². The van der Waals surface area contributed by atoms with Gasteiger partial charge in [-0.15, -0.1) is 0 Å². The van der Waals surface area contributed by atoms with E-state index in [-0.39, 0.29) is 24.2 Å². The second kappa shape index (κ2) is 6.59. The summed E-state index contributed by atoms with van der Waals surface area (Å²) in [5, 5.41) is 8.61. The lowest BCUT2D eigenvalue weighted by Gasteiger charge is -2.14. The minimum Gasteiger partial charge on any atom is -0.383 e. The third-order valence-electron chi connectivity index (χ3n) is 1.97. The molecule has 2 amide bonds. The maximum Gasteiger partial charge on any atom is 0.291 e. The molecule has 0 atom stereocenters. The van der Waals surface area contributed by atoms with Gasteiger partial charge in [0, 0.05) is 20.7 Å². The van der Waals surface area contributed by atoms with Crippen LogP contribution in [0.1, 0.15) is 10.6 Å². The van der Waals surface area contributed by atoms with Crippen molar-refractivity contribution in [2.75, 3.05) is 33.9 Å². The van der Waals surface area contributed by atoms with E-state index in [0.717, 1.165) is 0 Å². The van der Waals surface area contributed by atoms with E-state index in [1.165, 1.54) is 18.3 Å². The third kappa shape index (κ3) is 4.19. The predicted octanol–water partition coefficient (Wildman–Crippen LogP) is -1.36. The number of H-pyrrole nitrogens is 1. The maximum atomic E-state index is 11.7. The molecule has 1 aromatic heterocycles. The van der Waals surface area contributed by atoms with Crippen molar-refractivity contribution in [1.82, 2.24) is 25.4 Å². The molecule has 0 aliphatic carbocycles. The van der Waals surface area contributed by atoms with Crippen LogP contribution in [0.5, 0.6) is 0 Å². The van der Waals surface area contributed by atoms with Gasteiger partial charge in [0.2, 0.25) is 11.7 Å². The normalized spacial score (nSPS) is 10.0. The summed E-state index contributed by atoms with van der Waals surface area (Å²) in [6.45, 7) is 0.814. The zero-order valence-electron chi connectivity index (χ0n) is 9.77. The highest BCUT2D eigenvalue weighted by Gasteiger charge is 2.16. The van der Waals surface area contributed by atoms with Crippen molar-refractivity contribution in [3.63, 3.8) is 0 Å². The quantitative estimate of drug-likeness (QED) is 0.599. The molecule has 0 radical (unpaired) electrons. The van der Waals surface area contributed by atoms with E-state index in [2.05, 4.69) is 20.5 Å². The van der Waals surface area contributed by atoms with E-state index in [9.17, 15) is 9.59 Å². The SMILES string of the molecule is COCCNC(=O)CN(C)C(=O)c1ncn[nH]1. The van der Waals surface area contributed by atoms with Crippen LogP contribution in [0, 0.1) is 0 Å². The third-order valence-corrected chi connectivity index (χ3v) is 1.97. The van der Waals surface area contributed by atoms with Gasteiger partial charge in [-0.25, -0.2) is 4.98 Å². The largest absolute Gasteiger partial charge is 0.383 e. The number of amides is 2. The first-order valence-corrected chi connectivity index (χ1v) is 5.01. The summed E-state index contributed by atoms with van der Waals surface area (Å²) in [6.07, 6.45) is 1.24. The Morgan fingerprint density at radius 1 is 1.59 bits per heavy atom.